The number of para-hydroxylation sites is 1. The van der Waals surface area contributed by atoms with E-state index in [-0.39, 0.29) is 13.0 Å². The number of nitrogens with zero attached hydrogens (tertiary/aromatic N) is 1. The molecule has 0 bridgehead atoms. The van der Waals surface area contributed by atoms with E-state index in [4.69, 9.17) is 4.74 Å². The Morgan fingerprint density at radius 3 is 2.48 bits per heavy atom. The van der Waals surface area contributed by atoms with Crippen LogP contribution in [0.2, 0.25) is 0 Å². The van der Waals surface area contributed by atoms with Crippen LogP contribution in [0.3, 0.4) is 0 Å². The lowest BCUT2D eigenvalue weighted by atomic mass is 10.0. The molecule has 0 aromatic heterocycles. The van der Waals surface area contributed by atoms with E-state index < -0.39 is 5.92 Å². The number of halogens is 2. The molecule has 0 amide bonds. The minimum atomic E-state index is -2.42. The van der Waals surface area contributed by atoms with Gasteiger partial charge in [-0.2, -0.15) is 0 Å². The Morgan fingerprint density at radius 2 is 1.96 bits per heavy atom. The third kappa shape index (κ3) is 7.30. The fourth-order valence-electron chi connectivity index (χ4n) is 2.76. The minimum absolute atomic E-state index is 0.0208. The molecule has 23 heavy (non-hydrogen) atoms. The van der Waals surface area contributed by atoms with Crippen LogP contribution >= 0.6 is 0 Å². The molecular formula is C19H31F2NO. The van der Waals surface area contributed by atoms with Crippen LogP contribution in [-0.2, 0) is 0 Å². The van der Waals surface area contributed by atoms with Crippen LogP contribution in [-0.4, -0.2) is 37.6 Å². The lowest BCUT2D eigenvalue weighted by Crippen LogP contribution is -2.42. The smallest absolute Gasteiger partial charge is 0.260 e. The molecule has 132 valence electrons. The first-order valence-electron chi connectivity index (χ1n) is 8.62. The first kappa shape index (κ1) is 19.9. The summed E-state index contributed by atoms with van der Waals surface area (Å²) in [5, 5.41) is 0. The van der Waals surface area contributed by atoms with E-state index in [1.807, 2.05) is 23.1 Å². The zero-order valence-electron chi connectivity index (χ0n) is 14.9. The number of likely N-dealkylation sites (tertiary alicyclic amines) is 1. The standard InChI is InChI=1S/C10H14O.C9H17F2N/c1-8(2)9-6-4-5-7-10(9)11-3;1-2-3-6-12-7-4-5-9(10,11)8-12/h4-8H,1-3H3;2-8H2,1H3. The Labute approximate surface area is 139 Å². The van der Waals surface area contributed by atoms with Gasteiger partial charge in [0.2, 0.25) is 0 Å². The van der Waals surface area contributed by atoms with Crippen molar-refractivity contribution in [1.82, 2.24) is 4.90 Å². The molecule has 1 saturated heterocycles. The van der Waals surface area contributed by atoms with Gasteiger partial charge in [-0.25, -0.2) is 8.78 Å². The first-order valence-corrected chi connectivity index (χ1v) is 8.62. The number of ether oxygens (including phenoxy) is 1. The molecule has 2 rings (SSSR count). The number of rotatable bonds is 5. The highest BCUT2D eigenvalue weighted by molar-refractivity contribution is 5.35. The second kappa shape index (κ2) is 9.86. The molecule has 1 heterocycles. The van der Waals surface area contributed by atoms with Crippen molar-refractivity contribution in [2.45, 2.75) is 58.3 Å². The number of methoxy groups -OCH3 is 1. The molecule has 0 saturated carbocycles. The van der Waals surface area contributed by atoms with Crippen molar-refractivity contribution in [3.05, 3.63) is 29.8 Å². The highest BCUT2D eigenvalue weighted by Gasteiger charge is 2.34. The number of alkyl halides is 2. The summed E-state index contributed by atoms with van der Waals surface area (Å²) in [6, 6.07) is 8.13. The Balaban J connectivity index is 0.000000231. The zero-order chi connectivity index (χ0) is 17.3. The minimum Gasteiger partial charge on any atom is -0.496 e. The third-order valence-electron chi connectivity index (χ3n) is 4.06. The van der Waals surface area contributed by atoms with Crippen molar-refractivity contribution in [2.24, 2.45) is 0 Å². The van der Waals surface area contributed by atoms with E-state index in [0.717, 1.165) is 31.7 Å². The quantitative estimate of drug-likeness (QED) is 0.724. The number of benzene rings is 1. The Kier molecular flexibility index (Phi) is 8.53. The van der Waals surface area contributed by atoms with Gasteiger partial charge in [0.05, 0.1) is 13.7 Å². The van der Waals surface area contributed by atoms with Crippen LogP contribution < -0.4 is 4.74 Å². The molecule has 1 fully saturated rings. The SMILES string of the molecule is CCCCN1CCCC(F)(F)C1.COc1ccccc1C(C)C. The lowest BCUT2D eigenvalue weighted by molar-refractivity contribution is -0.0640. The average Bonchev–Trinajstić information content (AvgIpc) is 2.52. The number of unbranched alkanes of at least 4 members (excludes halogenated alkanes) is 1. The molecular weight excluding hydrogens is 296 g/mol. The van der Waals surface area contributed by atoms with Crippen LogP contribution in [0.5, 0.6) is 5.75 Å². The fourth-order valence-corrected chi connectivity index (χ4v) is 2.76. The first-order chi connectivity index (χ1) is 10.9. The predicted molar refractivity (Wildman–Crippen MR) is 92.6 cm³/mol. The fraction of sp³-hybridized carbons (Fsp3) is 0.684. The van der Waals surface area contributed by atoms with Crippen molar-refractivity contribution in [3.63, 3.8) is 0 Å². The van der Waals surface area contributed by atoms with E-state index in [1.165, 1.54) is 5.56 Å². The molecule has 1 aliphatic rings. The van der Waals surface area contributed by atoms with Gasteiger partial charge in [-0.05, 0) is 43.5 Å². The summed E-state index contributed by atoms with van der Waals surface area (Å²) < 4.78 is 30.9. The van der Waals surface area contributed by atoms with Gasteiger partial charge in [0, 0.05) is 6.42 Å². The van der Waals surface area contributed by atoms with Crippen molar-refractivity contribution in [3.8, 4) is 5.75 Å². The number of hydrogen-bond acceptors (Lipinski definition) is 2. The van der Waals surface area contributed by atoms with E-state index in [9.17, 15) is 8.78 Å². The molecule has 0 aliphatic carbocycles. The molecule has 0 N–H and O–H groups in total. The van der Waals surface area contributed by atoms with Crippen LogP contribution in [0.4, 0.5) is 8.78 Å². The maximum absolute atomic E-state index is 12.8. The van der Waals surface area contributed by atoms with E-state index in [1.54, 1.807) is 7.11 Å². The topological polar surface area (TPSA) is 12.5 Å². The maximum atomic E-state index is 12.8. The summed E-state index contributed by atoms with van der Waals surface area (Å²) >= 11 is 0. The van der Waals surface area contributed by atoms with E-state index in [2.05, 4.69) is 26.8 Å². The molecule has 0 radical (unpaired) electrons. The molecule has 1 aliphatic heterocycles. The van der Waals surface area contributed by atoms with Crippen molar-refractivity contribution in [1.29, 1.82) is 0 Å². The Morgan fingerprint density at radius 1 is 1.26 bits per heavy atom. The summed E-state index contributed by atoms with van der Waals surface area (Å²) in [6.07, 6.45) is 2.85. The van der Waals surface area contributed by atoms with Gasteiger partial charge in [-0.1, -0.05) is 45.4 Å². The molecule has 1 aromatic rings. The predicted octanol–water partition coefficient (Wildman–Crippen LogP) is 5.34. The van der Waals surface area contributed by atoms with E-state index in [0.29, 0.717) is 12.3 Å². The molecule has 2 nitrogen and oxygen atoms in total. The van der Waals surface area contributed by atoms with Crippen LogP contribution in [0.15, 0.2) is 24.3 Å². The molecule has 0 unspecified atom stereocenters. The Hall–Kier alpha value is -1.16. The molecule has 1 aromatic carbocycles. The van der Waals surface area contributed by atoms with Gasteiger partial charge in [0.15, 0.2) is 0 Å². The molecule has 4 heteroatoms. The molecule has 0 atom stereocenters. The van der Waals surface area contributed by atoms with Crippen LogP contribution in [0, 0.1) is 0 Å². The second-order valence-electron chi connectivity index (χ2n) is 6.49. The number of piperidine rings is 1. The summed E-state index contributed by atoms with van der Waals surface area (Å²) in [5.74, 6) is -0.903. The summed E-state index contributed by atoms with van der Waals surface area (Å²) in [4.78, 5) is 1.88. The molecule has 0 spiro atoms. The lowest BCUT2D eigenvalue weighted by Gasteiger charge is -2.32. The summed E-state index contributed by atoms with van der Waals surface area (Å²) in [5.41, 5.74) is 1.27. The van der Waals surface area contributed by atoms with Gasteiger partial charge < -0.3 is 4.74 Å². The van der Waals surface area contributed by atoms with Gasteiger partial charge in [0.25, 0.3) is 5.92 Å². The number of hydrogen-bond donors (Lipinski definition) is 0. The second-order valence-corrected chi connectivity index (χ2v) is 6.49. The van der Waals surface area contributed by atoms with Gasteiger partial charge in [-0.15, -0.1) is 0 Å². The highest BCUT2D eigenvalue weighted by atomic mass is 19.3. The zero-order valence-corrected chi connectivity index (χ0v) is 14.9. The average molecular weight is 327 g/mol. The van der Waals surface area contributed by atoms with Crippen molar-refractivity contribution in [2.75, 3.05) is 26.7 Å². The van der Waals surface area contributed by atoms with E-state index >= 15 is 0 Å². The van der Waals surface area contributed by atoms with Crippen molar-refractivity contribution >= 4 is 0 Å². The third-order valence-corrected chi connectivity index (χ3v) is 4.06. The van der Waals surface area contributed by atoms with Gasteiger partial charge >= 0.3 is 0 Å². The Bertz CT molecular complexity index is 449. The normalized spacial score (nSPS) is 17.5. The van der Waals surface area contributed by atoms with Crippen LogP contribution in [0.25, 0.3) is 0 Å². The largest absolute Gasteiger partial charge is 0.496 e. The summed E-state index contributed by atoms with van der Waals surface area (Å²) in [6.45, 7) is 8.09. The highest BCUT2D eigenvalue weighted by Crippen LogP contribution is 2.26. The summed E-state index contributed by atoms with van der Waals surface area (Å²) in [7, 11) is 1.71. The van der Waals surface area contributed by atoms with Gasteiger partial charge in [0.1, 0.15) is 5.75 Å². The monoisotopic (exact) mass is 327 g/mol. The maximum Gasteiger partial charge on any atom is 0.260 e. The van der Waals surface area contributed by atoms with Crippen LogP contribution in [0.1, 0.15) is 57.9 Å². The van der Waals surface area contributed by atoms with Crippen molar-refractivity contribution < 1.29 is 13.5 Å². The van der Waals surface area contributed by atoms with Gasteiger partial charge in [-0.3, -0.25) is 4.90 Å².